The van der Waals surface area contributed by atoms with Gasteiger partial charge in [-0.25, -0.2) is 0 Å². The van der Waals surface area contributed by atoms with Crippen molar-refractivity contribution in [2.75, 3.05) is 13.1 Å². The van der Waals surface area contributed by atoms with Crippen molar-refractivity contribution in [2.24, 2.45) is 11.7 Å². The largest absolute Gasteiger partial charge is 0.338 e. The molecule has 3 nitrogen and oxygen atoms in total. The van der Waals surface area contributed by atoms with Gasteiger partial charge in [0.2, 0.25) is 0 Å². The predicted molar refractivity (Wildman–Crippen MR) is 73.8 cm³/mol. The number of halogens is 1. The predicted octanol–water partition coefficient (Wildman–Crippen LogP) is 2.46. The number of likely N-dealkylation sites (tertiary alicyclic amines) is 1. The lowest BCUT2D eigenvalue weighted by Gasteiger charge is -2.18. The first kappa shape index (κ1) is 13.4. The van der Waals surface area contributed by atoms with Crippen molar-refractivity contribution in [1.82, 2.24) is 4.90 Å². The molecule has 1 aliphatic heterocycles. The fourth-order valence-electron chi connectivity index (χ4n) is 2.36. The van der Waals surface area contributed by atoms with Gasteiger partial charge in [0.25, 0.3) is 5.91 Å². The first-order valence-corrected chi connectivity index (χ1v) is 6.68. The van der Waals surface area contributed by atoms with Crippen LogP contribution in [-0.4, -0.2) is 29.9 Å². The van der Waals surface area contributed by atoms with Gasteiger partial charge < -0.3 is 10.6 Å². The van der Waals surface area contributed by atoms with Gasteiger partial charge in [0.1, 0.15) is 0 Å². The SMILES string of the molecule is Cc1ccc(C(=O)N2CCC(C(C)N)C2)c(Cl)c1. The Morgan fingerprint density at radius 2 is 2.28 bits per heavy atom. The van der Waals surface area contributed by atoms with Crippen LogP contribution in [0, 0.1) is 12.8 Å². The fourth-order valence-corrected chi connectivity index (χ4v) is 2.68. The van der Waals surface area contributed by atoms with Crippen LogP contribution in [0.3, 0.4) is 0 Å². The number of nitrogens with zero attached hydrogens (tertiary/aromatic N) is 1. The third-order valence-corrected chi connectivity index (χ3v) is 3.92. The molecule has 1 heterocycles. The van der Waals surface area contributed by atoms with Crippen LogP contribution in [0.4, 0.5) is 0 Å². The van der Waals surface area contributed by atoms with Crippen LogP contribution in [0.5, 0.6) is 0 Å². The normalized spacial score (nSPS) is 21.1. The molecule has 1 aliphatic rings. The van der Waals surface area contributed by atoms with E-state index in [-0.39, 0.29) is 11.9 Å². The Balaban J connectivity index is 2.13. The van der Waals surface area contributed by atoms with Crippen LogP contribution < -0.4 is 5.73 Å². The molecule has 0 aliphatic carbocycles. The highest BCUT2D eigenvalue weighted by molar-refractivity contribution is 6.33. The first-order valence-electron chi connectivity index (χ1n) is 6.30. The van der Waals surface area contributed by atoms with Crippen molar-refractivity contribution >= 4 is 17.5 Å². The Bertz CT molecular complexity index is 459. The van der Waals surface area contributed by atoms with Crippen LogP contribution in [0.15, 0.2) is 18.2 Å². The number of benzene rings is 1. The van der Waals surface area contributed by atoms with Crippen molar-refractivity contribution in [3.05, 3.63) is 34.3 Å². The van der Waals surface area contributed by atoms with E-state index in [1.165, 1.54) is 0 Å². The molecule has 0 bridgehead atoms. The summed E-state index contributed by atoms with van der Waals surface area (Å²) >= 11 is 6.13. The Kier molecular flexibility index (Phi) is 3.93. The van der Waals surface area contributed by atoms with Crippen molar-refractivity contribution in [3.8, 4) is 0 Å². The molecule has 0 radical (unpaired) electrons. The van der Waals surface area contributed by atoms with Gasteiger partial charge in [0, 0.05) is 19.1 Å². The van der Waals surface area contributed by atoms with Crippen LogP contribution in [0.25, 0.3) is 0 Å². The topological polar surface area (TPSA) is 46.3 Å². The Morgan fingerprint density at radius 3 is 2.83 bits per heavy atom. The van der Waals surface area contributed by atoms with E-state index in [2.05, 4.69) is 0 Å². The molecular weight excluding hydrogens is 248 g/mol. The van der Waals surface area contributed by atoms with Crippen LogP contribution >= 0.6 is 11.6 Å². The minimum Gasteiger partial charge on any atom is -0.338 e. The minimum atomic E-state index is 0.0168. The van der Waals surface area contributed by atoms with E-state index in [1.807, 2.05) is 30.9 Å². The molecule has 2 atom stereocenters. The number of aryl methyl sites for hydroxylation is 1. The van der Waals surface area contributed by atoms with Crippen LogP contribution in [0.2, 0.25) is 5.02 Å². The summed E-state index contributed by atoms with van der Waals surface area (Å²) in [5.74, 6) is 0.418. The summed E-state index contributed by atoms with van der Waals surface area (Å²) in [7, 11) is 0. The summed E-state index contributed by atoms with van der Waals surface area (Å²) in [6.07, 6.45) is 0.979. The molecule has 2 N–H and O–H groups in total. The maximum Gasteiger partial charge on any atom is 0.255 e. The molecule has 1 aromatic carbocycles. The quantitative estimate of drug-likeness (QED) is 0.894. The zero-order chi connectivity index (χ0) is 13.3. The van der Waals surface area contributed by atoms with Crippen molar-refractivity contribution in [3.63, 3.8) is 0 Å². The molecule has 1 fully saturated rings. The van der Waals surface area contributed by atoms with Crippen LogP contribution in [-0.2, 0) is 0 Å². The molecule has 0 aromatic heterocycles. The molecule has 2 unspecified atom stereocenters. The second kappa shape index (κ2) is 5.29. The molecule has 1 amide bonds. The number of hydrogen-bond acceptors (Lipinski definition) is 2. The summed E-state index contributed by atoms with van der Waals surface area (Å²) in [5.41, 5.74) is 7.54. The van der Waals surface area contributed by atoms with E-state index < -0.39 is 0 Å². The highest BCUT2D eigenvalue weighted by Gasteiger charge is 2.29. The maximum atomic E-state index is 12.3. The number of carbonyl (C=O) groups is 1. The van der Waals surface area contributed by atoms with Gasteiger partial charge in [-0.3, -0.25) is 4.79 Å². The molecule has 0 spiro atoms. The minimum absolute atomic E-state index is 0.0168. The van der Waals surface area contributed by atoms with Gasteiger partial charge in [0.05, 0.1) is 10.6 Å². The second-order valence-corrected chi connectivity index (χ2v) is 5.55. The molecule has 0 saturated carbocycles. The van der Waals surface area contributed by atoms with E-state index in [4.69, 9.17) is 17.3 Å². The van der Waals surface area contributed by atoms with Gasteiger partial charge in [-0.1, -0.05) is 17.7 Å². The third kappa shape index (κ3) is 2.68. The number of carbonyl (C=O) groups excluding carboxylic acids is 1. The smallest absolute Gasteiger partial charge is 0.255 e. The molecular formula is C14H19ClN2O. The first-order chi connectivity index (χ1) is 8.49. The maximum absolute atomic E-state index is 12.3. The molecule has 4 heteroatoms. The number of hydrogen-bond donors (Lipinski definition) is 1. The number of rotatable bonds is 2. The molecule has 1 saturated heterocycles. The third-order valence-electron chi connectivity index (χ3n) is 3.61. The average molecular weight is 267 g/mol. The van der Waals surface area contributed by atoms with Crippen molar-refractivity contribution in [2.45, 2.75) is 26.3 Å². The number of nitrogens with two attached hydrogens (primary N) is 1. The van der Waals surface area contributed by atoms with Crippen molar-refractivity contribution in [1.29, 1.82) is 0 Å². The number of amides is 1. The monoisotopic (exact) mass is 266 g/mol. The Labute approximate surface area is 113 Å². The van der Waals surface area contributed by atoms with E-state index in [9.17, 15) is 4.79 Å². The Morgan fingerprint density at radius 1 is 1.56 bits per heavy atom. The zero-order valence-corrected chi connectivity index (χ0v) is 11.6. The average Bonchev–Trinajstić information content (AvgIpc) is 2.77. The lowest BCUT2D eigenvalue weighted by Crippen LogP contribution is -2.33. The van der Waals surface area contributed by atoms with Gasteiger partial charge in [-0.15, -0.1) is 0 Å². The summed E-state index contributed by atoms with van der Waals surface area (Å²) < 4.78 is 0. The van der Waals surface area contributed by atoms with Gasteiger partial charge in [-0.05, 0) is 43.9 Å². The standard InChI is InChI=1S/C14H19ClN2O/c1-9-3-4-12(13(15)7-9)14(18)17-6-5-11(8-17)10(2)16/h3-4,7,10-11H,5-6,8,16H2,1-2H3. The fraction of sp³-hybridized carbons (Fsp3) is 0.500. The summed E-state index contributed by atoms with van der Waals surface area (Å²) in [5, 5.41) is 0.532. The summed E-state index contributed by atoms with van der Waals surface area (Å²) in [4.78, 5) is 14.2. The van der Waals surface area contributed by atoms with Crippen molar-refractivity contribution < 1.29 is 4.79 Å². The van der Waals surface area contributed by atoms with E-state index in [0.717, 1.165) is 25.1 Å². The zero-order valence-electron chi connectivity index (χ0n) is 10.8. The Hall–Kier alpha value is -1.06. The van der Waals surface area contributed by atoms with E-state index >= 15 is 0 Å². The second-order valence-electron chi connectivity index (χ2n) is 5.14. The van der Waals surface area contributed by atoms with E-state index in [1.54, 1.807) is 6.07 Å². The van der Waals surface area contributed by atoms with E-state index in [0.29, 0.717) is 16.5 Å². The highest BCUT2D eigenvalue weighted by atomic mass is 35.5. The molecule has 18 heavy (non-hydrogen) atoms. The van der Waals surface area contributed by atoms with Gasteiger partial charge in [0.15, 0.2) is 0 Å². The molecule has 1 aromatic rings. The summed E-state index contributed by atoms with van der Waals surface area (Å²) in [6.45, 7) is 5.47. The molecule has 2 rings (SSSR count). The highest BCUT2D eigenvalue weighted by Crippen LogP contribution is 2.24. The van der Waals surface area contributed by atoms with Gasteiger partial charge in [-0.2, -0.15) is 0 Å². The summed E-state index contributed by atoms with van der Waals surface area (Å²) in [6, 6.07) is 5.68. The lowest BCUT2D eigenvalue weighted by atomic mass is 10.0. The molecule has 98 valence electrons. The van der Waals surface area contributed by atoms with Gasteiger partial charge >= 0.3 is 0 Å². The van der Waals surface area contributed by atoms with Crippen LogP contribution in [0.1, 0.15) is 29.3 Å². The lowest BCUT2D eigenvalue weighted by molar-refractivity contribution is 0.0786.